The van der Waals surface area contributed by atoms with Crippen LogP contribution in [0.3, 0.4) is 0 Å². The van der Waals surface area contributed by atoms with Crippen molar-refractivity contribution in [3.05, 3.63) is 48.1 Å². The Bertz CT molecular complexity index is 627. The van der Waals surface area contributed by atoms with Gasteiger partial charge in [0.25, 0.3) is 5.56 Å². The maximum absolute atomic E-state index is 11.7. The molecule has 2 rings (SSSR count). The first-order valence-corrected chi connectivity index (χ1v) is 6.12. The van der Waals surface area contributed by atoms with Gasteiger partial charge in [-0.3, -0.25) is 14.3 Å². The minimum atomic E-state index is -0.525. The van der Waals surface area contributed by atoms with E-state index in [2.05, 4.69) is 9.97 Å². The van der Waals surface area contributed by atoms with E-state index in [1.54, 1.807) is 13.1 Å². The van der Waals surface area contributed by atoms with E-state index < -0.39 is 17.3 Å². The molecule has 2 heterocycles. The lowest BCUT2D eigenvalue weighted by molar-refractivity contribution is 0.575. The van der Waals surface area contributed by atoms with Gasteiger partial charge in [0.2, 0.25) is 0 Å². The maximum Gasteiger partial charge on any atom is 0.330 e. The fourth-order valence-corrected chi connectivity index (χ4v) is 2.51. The first-order valence-electron chi connectivity index (χ1n) is 4.92. The fraction of sp³-hybridized carbons (Fsp3) is 0.300. The third kappa shape index (κ3) is 2.32. The van der Waals surface area contributed by atoms with E-state index in [1.165, 1.54) is 17.4 Å². The van der Waals surface area contributed by atoms with Crippen LogP contribution in [0.25, 0.3) is 0 Å². The summed E-state index contributed by atoms with van der Waals surface area (Å²) >= 11 is 7.05. The summed E-state index contributed by atoms with van der Waals surface area (Å²) in [5.41, 5.74) is -0.957. The number of aryl methyl sites for hydroxylation is 1. The molecule has 2 aromatic rings. The van der Waals surface area contributed by atoms with Gasteiger partial charge in [-0.05, 0) is 13.8 Å². The molecule has 0 saturated carbocycles. The number of hydrogen-bond acceptors (Lipinski definition) is 4. The number of rotatable bonds is 2. The van der Waals surface area contributed by atoms with Gasteiger partial charge in [-0.2, -0.15) is 0 Å². The van der Waals surface area contributed by atoms with Crippen molar-refractivity contribution in [3.63, 3.8) is 0 Å². The van der Waals surface area contributed by atoms with Gasteiger partial charge < -0.3 is 0 Å². The number of aromatic nitrogens is 3. The molecule has 0 spiro atoms. The second-order valence-corrected chi connectivity index (χ2v) is 5.29. The number of thiazole rings is 1. The van der Waals surface area contributed by atoms with Gasteiger partial charge in [0, 0.05) is 17.1 Å². The number of nitrogens with one attached hydrogen (secondary N) is 1. The van der Waals surface area contributed by atoms with Gasteiger partial charge in [-0.15, -0.1) is 11.3 Å². The Hall–Kier alpha value is -1.40. The molecule has 2 aromatic heterocycles. The van der Waals surface area contributed by atoms with Crippen molar-refractivity contribution < 1.29 is 0 Å². The molecule has 0 aliphatic rings. The van der Waals surface area contributed by atoms with Crippen LogP contribution < -0.4 is 11.2 Å². The van der Waals surface area contributed by atoms with E-state index in [9.17, 15) is 9.59 Å². The summed E-state index contributed by atoms with van der Waals surface area (Å²) in [5.74, 6) is 0. The second-order valence-electron chi connectivity index (χ2n) is 3.62. The minimum absolute atomic E-state index is 0.0405. The molecule has 0 bridgehead atoms. The Balaban J connectivity index is 2.55. The number of hydrogen-bond donors (Lipinski definition) is 1. The molecule has 17 heavy (non-hydrogen) atoms. The molecule has 0 aliphatic heterocycles. The van der Waals surface area contributed by atoms with Crippen molar-refractivity contribution in [3.8, 4) is 0 Å². The van der Waals surface area contributed by atoms with Gasteiger partial charge in [0.15, 0.2) is 0 Å². The molecule has 0 radical (unpaired) electrons. The second kappa shape index (κ2) is 4.46. The van der Waals surface area contributed by atoms with Crippen LogP contribution in [-0.2, 0) is 0 Å². The lowest BCUT2D eigenvalue weighted by Gasteiger charge is -2.10. The highest BCUT2D eigenvalue weighted by molar-refractivity contribution is 7.11. The number of halogens is 1. The molecule has 1 atom stereocenters. The Kier molecular flexibility index (Phi) is 3.17. The summed E-state index contributed by atoms with van der Waals surface area (Å²) in [4.78, 5) is 31.0. The van der Waals surface area contributed by atoms with Crippen LogP contribution in [0.2, 0.25) is 5.15 Å². The molecule has 0 amide bonds. The lowest BCUT2D eigenvalue weighted by Crippen LogP contribution is -2.36. The maximum atomic E-state index is 11.7. The van der Waals surface area contributed by atoms with Crippen molar-refractivity contribution in [1.82, 2.24) is 14.5 Å². The topological polar surface area (TPSA) is 67.8 Å². The molecule has 0 saturated heterocycles. The zero-order chi connectivity index (χ0) is 12.6. The van der Waals surface area contributed by atoms with E-state index in [1.807, 2.05) is 6.92 Å². The average molecular weight is 272 g/mol. The highest BCUT2D eigenvalue weighted by atomic mass is 35.5. The number of H-pyrrole nitrogens is 1. The molecule has 0 fully saturated rings. The lowest BCUT2D eigenvalue weighted by atomic mass is 10.3. The molecule has 1 unspecified atom stereocenters. The highest BCUT2D eigenvalue weighted by Gasteiger charge is 2.16. The predicted octanol–water partition coefficient (Wildman–Crippen LogP) is 1.56. The quantitative estimate of drug-likeness (QED) is 0.843. The van der Waals surface area contributed by atoms with Crippen molar-refractivity contribution >= 4 is 22.9 Å². The summed E-state index contributed by atoms with van der Waals surface area (Å²) in [6.07, 6.45) is 1.71. The monoisotopic (exact) mass is 271 g/mol. The smallest absolute Gasteiger partial charge is 0.298 e. The first-order chi connectivity index (χ1) is 7.99. The summed E-state index contributed by atoms with van der Waals surface area (Å²) in [6.45, 7) is 3.67. The third-order valence-electron chi connectivity index (χ3n) is 2.32. The summed E-state index contributed by atoms with van der Waals surface area (Å²) < 4.78 is 1.10. The Morgan fingerprint density at radius 2 is 2.24 bits per heavy atom. The number of aromatic amines is 1. The van der Waals surface area contributed by atoms with Crippen molar-refractivity contribution in [2.24, 2.45) is 0 Å². The van der Waals surface area contributed by atoms with Crippen LogP contribution in [0.15, 0.2) is 21.9 Å². The van der Waals surface area contributed by atoms with E-state index in [0.717, 1.165) is 14.5 Å². The van der Waals surface area contributed by atoms with E-state index >= 15 is 0 Å². The number of nitrogens with zero attached hydrogens (tertiary/aromatic N) is 2. The van der Waals surface area contributed by atoms with Gasteiger partial charge in [0.1, 0.15) is 10.2 Å². The van der Waals surface area contributed by atoms with Gasteiger partial charge >= 0.3 is 5.69 Å². The molecule has 5 nitrogen and oxygen atoms in total. The largest absolute Gasteiger partial charge is 0.330 e. The predicted molar refractivity (Wildman–Crippen MR) is 67.0 cm³/mol. The zero-order valence-corrected chi connectivity index (χ0v) is 10.8. The van der Waals surface area contributed by atoms with Crippen LogP contribution >= 0.6 is 22.9 Å². The molecule has 7 heteroatoms. The molecular formula is C10H10ClN3O2S. The average Bonchev–Trinajstić information content (AvgIpc) is 2.63. The molecule has 1 N–H and O–H groups in total. The Labute approximate surface area is 106 Å². The summed E-state index contributed by atoms with van der Waals surface area (Å²) in [5, 5.41) is 0.760. The van der Waals surface area contributed by atoms with E-state index in [-0.39, 0.29) is 5.15 Å². The fourth-order valence-electron chi connectivity index (χ4n) is 1.52. The first kappa shape index (κ1) is 12.1. The molecule has 0 aliphatic carbocycles. The normalized spacial score (nSPS) is 12.6. The van der Waals surface area contributed by atoms with Crippen molar-refractivity contribution in [2.45, 2.75) is 19.9 Å². The standard InChI is InChI=1S/C10H10ClN3O2S/c1-5-4-12-9(17-5)6(2)14-8(15)3-7(11)13-10(14)16/h3-4,6H,1-2H3,(H,13,16). The van der Waals surface area contributed by atoms with Gasteiger partial charge in [-0.1, -0.05) is 11.6 Å². The Morgan fingerprint density at radius 3 is 2.76 bits per heavy atom. The van der Waals surface area contributed by atoms with Crippen LogP contribution in [0.5, 0.6) is 0 Å². The van der Waals surface area contributed by atoms with Gasteiger partial charge in [-0.25, -0.2) is 9.78 Å². The molecule has 0 aromatic carbocycles. The van der Waals surface area contributed by atoms with Crippen LogP contribution in [-0.4, -0.2) is 14.5 Å². The van der Waals surface area contributed by atoms with Crippen molar-refractivity contribution in [1.29, 1.82) is 0 Å². The third-order valence-corrected chi connectivity index (χ3v) is 3.60. The van der Waals surface area contributed by atoms with Crippen LogP contribution in [0.4, 0.5) is 0 Å². The SMILES string of the molecule is Cc1cnc(C(C)n2c(=O)cc(Cl)[nH]c2=O)s1. The van der Waals surface area contributed by atoms with Crippen molar-refractivity contribution in [2.75, 3.05) is 0 Å². The van der Waals surface area contributed by atoms with Crippen LogP contribution in [0, 0.1) is 6.92 Å². The molecular weight excluding hydrogens is 262 g/mol. The van der Waals surface area contributed by atoms with Crippen LogP contribution in [0.1, 0.15) is 22.9 Å². The summed E-state index contributed by atoms with van der Waals surface area (Å²) in [7, 11) is 0. The van der Waals surface area contributed by atoms with E-state index in [4.69, 9.17) is 11.6 Å². The summed E-state index contributed by atoms with van der Waals surface area (Å²) in [6, 6.07) is 0.780. The Morgan fingerprint density at radius 1 is 1.53 bits per heavy atom. The highest BCUT2D eigenvalue weighted by Crippen LogP contribution is 2.20. The molecule has 90 valence electrons. The van der Waals surface area contributed by atoms with Gasteiger partial charge in [0.05, 0.1) is 6.04 Å². The van der Waals surface area contributed by atoms with E-state index in [0.29, 0.717) is 0 Å². The minimum Gasteiger partial charge on any atom is -0.298 e. The zero-order valence-electron chi connectivity index (χ0n) is 9.23.